The van der Waals surface area contributed by atoms with Crippen molar-refractivity contribution in [1.82, 2.24) is 0 Å². The first-order valence-corrected chi connectivity index (χ1v) is 5.38. The standard InChI is InChI=1S/C10H14BrFN2O/c1-14(6-8(15)5-13)10-4-7(11)2-3-9(10)12/h2-4,8,15H,5-6,13H2,1H3. The fraction of sp³-hybridized carbons (Fsp3) is 0.400. The number of hydrogen-bond donors (Lipinski definition) is 2. The molecule has 1 rings (SSSR count). The third kappa shape index (κ3) is 3.44. The predicted octanol–water partition coefficient (Wildman–Crippen LogP) is 1.34. The van der Waals surface area contributed by atoms with Gasteiger partial charge < -0.3 is 15.7 Å². The summed E-state index contributed by atoms with van der Waals surface area (Å²) < 4.78 is 14.2. The second-order valence-corrected chi connectivity index (χ2v) is 4.28. The van der Waals surface area contributed by atoms with Crippen LogP contribution >= 0.6 is 15.9 Å². The van der Waals surface area contributed by atoms with E-state index < -0.39 is 6.10 Å². The van der Waals surface area contributed by atoms with Gasteiger partial charge in [0.25, 0.3) is 0 Å². The Morgan fingerprint density at radius 2 is 2.27 bits per heavy atom. The molecule has 0 aliphatic heterocycles. The van der Waals surface area contributed by atoms with Crippen molar-refractivity contribution in [3.8, 4) is 0 Å². The lowest BCUT2D eigenvalue weighted by molar-refractivity contribution is 0.189. The van der Waals surface area contributed by atoms with Gasteiger partial charge in [-0.2, -0.15) is 0 Å². The Bertz CT molecular complexity index is 335. The van der Waals surface area contributed by atoms with Gasteiger partial charge in [0.2, 0.25) is 0 Å². The summed E-state index contributed by atoms with van der Waals surface area (Å²) in [6.45, 7) is 0.476. The van der Waals surface area contributed by atoms with Crippen molar-refractivity contribution in [2.24, 2.45) is 5.73 Å². The van der Waals surface area contributed by atoms with Crippen molar-refractivity contribution in [1.29, 1.82) is 0 Å². The van der Waals surface area contributed by atoms with Gasteiger partial charge in [0, 0.05) is 24.6 Å². The Hall–Kier alpha value is -0.650. The maximum Gasteiger partial charge on any atom is 0.146 e. The number of anilines is 1. The molecule has 0 aromatic heterocycles. The number of nitrogens with two attached hydrogens (primary N) is 1. The van der Waals surface area contributed by atoms with E-state index in [1.54, 1.807) is 24.1 Å². The highest BCUT2D eigenvalue weighted by Gasteiger charge is 2.11. The van der Waals surface area contributed by atoms with Crippen LogP contribution in [0.3, 0.4) is 0 Å². The SMILES string of the molecule is CN(CC(O)CN)c1cc(Br)ccc1F. The summed E-state index contributed by atoms with van der Waals surface area (Å²) in [4.78, 5) is 1.64. The topological polar surface area (TPSA) is 49.5 Å². The Labute approximate surface area is 96.8 Å². The summed E-state index contributed by atoms with van der Waals surface area (Å²) in [7, 11) is 1.71. The summed E-state index contributed by atoms with van der Waals surface area (Å²) in [5.41, 5.74) is 5.73. The van der Waals surface area contributed by atoms with Crippen LogP contribution in [0.4, 0.5) is 10.1 Å². The lowest BCUT2D eigenvalue weighted by Crippen LogP contribution is -2.34. The zero-order valence-electron chi connectivity index (χ0n) is 8.45. The molecule has 15 heavy (non-hydrogen) atoms. The van der Waals surface area contributed by atoms with Crippen LogP contribution in [0.1, 0.15) is 0 Å². The maximum absolute atomic E-state index is 13.4. The number of rotatable bonds is 4. The van der Waals surface area contributed by atoms with Crippen molar-refractivity contribution in [2.45, 2.75) is 6.10 Å². The summed E-state index contributed by atoms with van der Waals surface area (Å²) in [6, 6.07) is 4.68. The molecule has 0 saturated heterocycles. The normalized spacial score (nSPS) is 12.6. The first-order chi connectivity index (χ1) is 7.04. The molecule has 0 fully saturated rings. The van der Waals surface area contributed by atoms with Gasteiger partial charge in [-0.15, -0.1) is 0 Å². The van der Waals surface area contributed by atoms with Crippen LogP contribution in [0.2, 0.25) is 0 Å². The van der Waals surface area contributed by atoms with E-state index in [0.717, 1.165) is 4.47 Å². The van der Waals surface area contributed by atoms with Crippen molar-refractivity contribution in [3.63, 3.8) is 0 Å². The van der Waals surface area contributed by atoms with Crippen molar-refractivity contribution < 1.29 is 9.50 Å². The van der Waals surface area contributed by atoms with E-state index in [-0.39, 0.29) is 12.4 Å². The van der Waals surface area contributed by atoms with Crippen molar-refractivity contribution in [3.05, 3.63) is 28.5 Å². The Morgan fingerprint density at radius 3 is 2.87 bits per heavy atom. The minimum Gasteiger partial charge on any atom is -0.390 e. The third-order valence-corrected chi connectivity index (χ3v) is 2.57. The average molecular weight is 277 g/mol. The van der Waals surface area contributed by atoms with E-state index >= 15 is 0 Å². The summed E-state index contributed by atoms with van der Waals surface area (Å²) in [6.07, 6.45) is -0.645. The number of likely N-dealkylation sites (N-methyl/N-ethyl adjacent to an activating group) is 1. The van der Waals surface area contributed by atoms with Gasteiger partial charge in [-0.3, -0.25) is 0 Å². The molecule has 1 aromatic rings. The quantitative estimate of drug-likeness (QED) is 0.873. The van der Waals surface area contributed by atoms with Crippen LogP contribution in [0.25, 0.3) is 0 Å². The molecule has 0 saturated carbocycles. The molecule has 3 N–H and O–H groups in total. The fourth-order valence-corrected chi connectivity index (χ4v) is 1.62. The van der Waals surface area contributed by atoms with Gasteiger partial charge in [0.05, 0.1) is 11.8 Å². The lowest BCUT2D eigenvalue weighted by Gasteiger charge is -2.22. The molecular formula is C10H14BrFN2O. The van der Waals surface area contributed by atoms with Gasteiger partial charge in [-0.1, -0.05) is 15.9 Å². The molecule has 0 aliphatic rings. The fourth-order valence-electron chi connectivity index (χ4n) is 1.27. The van der Waals surface area contributed by atoms with Gasteiger partial charge >= 0.3 is 0 Å². The highest BCUT2D eigenvalue weighted by atomic mass is 79.9. The van der Waals surface area contributed by atoms with Crippen molar-refractivity contribution in [2.75, 3.05) is 25.0 Å². The summed E-state index contributed by atoms with van der Waals surface area (Å²) in [5, 5.41) is 9.35. The average Bonchev–Trinajstić information content (AvgIpc) is 2.21. The highest BCUT2D eigenvalue weighted by Crippen LogP contribution is 2.22. The minimum atomic E-state index is -0.645. The lowest BCUT2D eigenvalue weighted by atomic mass is 10.2. The van der Waals surface area contributed by atoms with Gasteiger partial charge in [0.1, 0.15) is 5.82 Å². The maximum atomic E-state index is 13.4. The summed E-state index contributed by atoms with van der Waals surface area (Å²) in [5.74, 6) is -0.315. The molecule has 1 aromatic carbocycles. The molecule has 84 valence electrons. The van der Waals surface area contributed by atoms with E-state index in [1.165, 1.54) is 6.07 Å². The number of nitrogens with zero attached hydrogens (tertiary/aromatic N) is 1. The second kappa shape index (κ2) is 5.44. The predicted molar refractivity (Wildman–Crippen MR) is 62.4 cm³/mol. The highest BCUT2D eigenvalue weighted by molar-refractivity contribution is 9.10. The van der Waals surface area contributed by atoms with Crippen LogP contribution < -0.4 is 10.6 Å². The van der Waals surface area contributed by atoms with E-state index in [2.05, 4.69) is 15.9 Å². The Balaban J connectivity index is 2.80. The first-order valence-electron chi connectivity index (χ1n) is 4.59. The Kier molecular flexibility index (Phi) is 4.50. The van der Waals surface area contributed by atoms with Crippen LogP contribution in [0, 0.1) is 5.82 Å². The Morgan fingerprint density at radius 1 is 1.60 bits per heavy atom. The van der Waals surface area contributed by atoms with Crippen LogP contribution in [0.15, 0.2) is 22.7 Å². The summed E-state index contributed by atoms with van der Waals surface area (Å²) >= 11 is 3.27. The number of aliphatic hydroxyl groups excluding tert-OH is 1. The first kappa shape index (κ1) is 12.4. The zero-order valence-corrected chi connectivity index (χ0v) is 10.0. The largest absolute Gasteiger partial charge is 0.390 e. The van der Waals surface area contributed by atoms with Crippen LogP contribution in [-0.2, 0) is 0 Å². The second-order valence-electron chi connectivity index (χ2n) is 3.37. The molecule has 1 atom stereocenters. The number of benzene rings is 1. The zero-order chi connectivity index (χ0) is 11.4. The van der Waals surface area contributed by atoms with Gasteiger partial charge in [0.15, 0.2) is 0 Å². The number of aliphatic hydroxyl groups is 1. The monoisotopic (exact) mass is 276 g/mol. The molecule has 0 amide bonds. The third-order valence-electron chi connectivity index (χ3n) is 2.08. The molecule has 1 unspecified atom stereocenters. The van der Waals surface area contributed by atoms with Crippen LogP contribution in [0.5, 0.6) is 0 Å². The molecule has 0 radical (unpaired) electrons. The number of halogens is 2. The van der Waals surface area contributed by atoms with Gasteiger partial charge in [-0.05, 0) is 18.2 Å². The van der Waals surface area contributed by atoms with Crippen LogP contribution in [-0.4, -0.2) is 31.3 Å². The molecule has 0 aliphatic carbocycles. The smallest absolute Gasteiger partial charge is 0.146 e. The molecule has 0 bridgehead atoms. The van der Waals surface area contributed by atoms with Crippen molar-refractivity contribution >= 4 is 21.6 Å². The molecule has 0 spiro atoms. The molecule has 3 nitrogen and oxygen atoms in total. The van der Waals surface area contributed by atoms with Gasteiger partial charge in [-0.25, -0.2) is 4.39 Å². The van der Waals surface area contributed by atoms with E-state index in [4.69, 9.17) is 5.73 Å². The molecular weight excluding hydrogens is 263 g/mol. The van der Waals surface area contributed by atoms with E-state index in [0.29, 0.717) is 12.2 Å². The van der Waals surface area contributed by atoms with E-state index in [1.807, 2.05) is 0 Å². The molecule has 5 heteroatoms. The molecule has 0 heterocycles. The number of hydrogen-bond acceptors (Lipinski definition) is 3. The minimum absolute atomic E-state index is 0.167. The van der Waals surface area contributed by atoms with E-state index in [9.17, 15) is 9.50 Å².